The third-order valence-corrected chi connectivity index (χ3v) is 5.11. The summed E-state index contributed by atoms with van der Waals surface area (Å²) in [5.41, 5.74) is 3.48. The van der Waals surface area contributed by atoms with E-state index in [9.17, 15) is 19.5 Å². The van der Waals surface area contributed by atoms with Crippen LogP contribution in [0.3, 0.4) is 0 Å². The molecule has 3 aromatic rings. The van der Waals surface area contributed by atoms with Gasteiger partial charge in [0.1, 0.15) is 6.04 Å². The van der Waals surface area contributed by atoms with Crippen LogP contribution >= 0.6 is 0 Å². The number of imide groups is 1. The van der Waals surface area contributed by atoms with Gasteiger partial charge in [-0.25, -0.2) is 0 Å². The van der Waals surface area contributed by atoms with Crippen LogP contribution < -0.4 is 10.6 Å². The zero-order valence-corrected chi connectivity index (χ0v) is 17.7. The minimum atomic E-state index is -1.02. The molecule has 32 heavy (non-hydrogen) atoms. The molecule has 0 saturated heterocycles. The number of carbonyl (C=O) groups excluding carboxylic acids is 2. The second kappa shape index (κ2) is 11.6. The first-order valence-corrected chi connectivity index (χ1v) is 10.5. The van der Waals surface area contributed by atoms with Crippen molar-refractivity contribution >= 4 is 17.8 Å². The summed E-state index contributed by atoms with van der Waals surface area (Å²) in [7, 11) is 0. The van der Waals surface area contributed by atoms with Crippen LogP contribution in [0.1, 0.15) is 28.8 Å². The highest BCUT2D eigenvalue weighted by molar-refractivity contribution is 6.04. The lowest BCUT2D eigenvalue weighted by atomic mass is 10.0. The molecule has 0 unspecified atom stereocenters. The predicted molar refractivity (Wildman–Crippen MR) is 123 cm³/mol. The van der Waals surface area contributed by atoms with Gasteiger partial charge in [0.05, 0.1) is 0 Å². The molecule has 0 heterocycles. The smallest absolute Gasteiger partial charge is 0.320 e. The van der Waals surface area contributed by atoms with Gasteiger partial charge in [-0.05, 0) is 48.2 Å². The fourth-order valence-corrected chi connectivity index (χ4v) is 3.33. The van der Waals surface area contributed by atoms with Gasteiger partial charge in [-0.15, -0.1) is 0 Å². The molecule has 0 aromatic heterocycles. The first-order chi connectivity index (χ1) is 15.5. The van der Waals surface area contributed by atoms with Crippen molar-refractivity contribution in [2.24, 2.45) is 0 Å². The second-order valence-corrected chi connectivity index (χ2v) is 7.44. The maximum atomic E-state index is 12.3. The van der Waals surface area contributed by atoms with Gasteiger partial charge in [0.2, 0.25) is 5.91 Å². The molecule has 3 rings (SSSR count). The van der Waals surface area contributed by atoms with Gasteiger partial charge >= 0.3 is 5.97 Å². The molecule has 164 valence electrons. The van der Waals surface area contributed by atoms with Gasteiger partial charge < -0.3 is 10.4 Å². The third-order valence-electron chi connectivity index (χ3n) is 5.11. The Kier molecular flexibility index (Phi) is 8.29. The summed E-state index contributed by atoms with van der Waals surface area (Å²) < 4.78 is 0. The van der Waals surface area contributed by atoms with Crippen molar-refractivity contribution in [1.29, 1.82) is 0 Å². The minimum absolute atomic E-state index is 0.0663. The molecule has 0 bridgehead atoms. The van der Waals surface area contributed by atoms with E-state index in [0.29, 0.717) is 18.5 Å². The fraction of sp³-hybridized carbons (Fsp3) is 0.192. The van der Waals surface area contributed by atoms with Crippen molar-refractivity contribution in [3.63, 3.8) is 0 Å². The molecule has 6 nitrogen and oxygen atoms in total. The highest BCUT2D eigenvalue weighted by Crippen LogP contribution is 2.19. The molecular weight excluding hydrogens is 404 g/mol. The van der Waals surface area contributed by atoms with Crippen LogP contribution in [0, 0.1) is 0 Å². The Morgan fingerprint density at radius 1 is 0.781 bits per heavy atom. The standard InChI is InChI=1S/C26H26N2O4/c29-24(16-15-23(26(31)32)27-18-17-19-7-3-1-4-8-19)28-25(30)22-13-11-21(12-14-22)20-9-5-2-6-10-20/h1-14,23,27H,15-18H2,(H,31,32)(H,28,29,30)/t23-/m0/s1. The van der Waals surface area contributed by atoms with E-state index in [4.69, 9.17) is 0 Å². The van der Waals surface area contributed by atoms with Gasteiger partial charge in [0.15, 0.2) is 0 Å². The van der Waals surface area contributed by atoms with Crippen molar-refractivity contribution < 1.29 is 19.5 Å². The number of nitrogens with one attached hydrogen (secondary N) is 2. The number of rotatable bonds is 10. The Morgan fingerprint density at radius 3 is 2.00 bits per heavy atom. The minimum Gasteiger partial charge on any atom is -0.480 e. The van der Waals surface area contributed by atoms with Crippen molar-refractivity contribution in [1.82, 2.24) is 10.6 Å². The van der Waals surface area contributed by atoms with Crippen LogP contribution in [0.4, 0.5) is 0 Å². The average Bonchev–Trinajstić information content (AvgIpc) is 2.82. The number of amides is 2. The Hall–Kier alpha value is -3.77. The predicted octanol–water partition coefficient (Wildman–Crippen LogP) is 3.68. The van der Waals surface area contributed by atoms with E-state index in [-0.39, 0.29) is 12.8 Å². The van der Waals surface area contributed by atoms with Crippen LogP contribution in [-0.2, 0) is 16.0 Å². The third kappa shape index (κ3) is 6.89. The fourth-order valence-electron chi connectivity index (χ4n) is 3.33. The number of hydrogen-bond donors (Lipinski definition) is 3. The van der Waals surface area contributed by atoms with Gasteiger partial charge in [0, 0.05) is 12.0 Å². The highest BCUT2D eigenvalue weighted by Gasteiger charge is 2.19. The SMILES string of the molecule is O=C(CC[C@H](NCCc1ccccc1)C(=O)O)NC(=O)c1ccc(-c2ccccc2)cc1. The van der Waals surface area contributed by atoms with E-state index in [1.807, 2.05) is 72.8 Å². The van der Waals surface area contributed by atoms with Crippen LogP contribution in [0.25, 0.3) is 11.1 Å². The molecule has 0 aliphatic heterocycles. The van der Waals surface area contributed by atoms with E-state index in [1.165, 1.54) is 0 Å². The summed E-state index contributed by atoms with van der Waals surface area (Å²) in [5.74, 6) is -2.02. The van der Waals surface area contributed by atoms with Gasteiger partial charge in [-0.3, -0.25) is 19.7 Å². The zero-order chi connectivity index (χ0) is 22.8. The highest BCUT2D eigenvalue weighted by atomic mass is 16.4. The summed E-state index contributed by atoms with van der Waals surface area (Å²) >= 11 is 0. The summed E-state index contributed by atoms with van der Waals surface area (Å²) in [4.78, 5) is 36.0. The Balaban J connectivity index is 1.46. The largest absolute Gasteiger partial charge is 0.480 e. The lowest BCUT2D eigenvalue weighted by Gasteiger charge is -2.14. The van der Waals surface area contributed by atoms with Crippen LogP contribution in [0.2, 0.25) is 0 Å². The Morgan fingerprint density at radius 2 is 1.38 bits per heavy atom. The Labute approximate surface area is 187 Å². The van der Waals surface area contributed by atoms with Crippen LogP contribution in [-0.4, -0.2) is 35.5 Å². The molecule has 0 fully saturated rings. The van der Waals surface area contributed by atoms with Gasteiger partial charge in [-0.2, -0.15) is 0 Å². The summed E-state index contributed by atoms with van der Waals surface area (Å²) in [6, 6.07) is 25.6. The molecule has 3 N–H and O–H groups in total. The number of carboxylic acids is 1. The molecule has 0 radical (unpaired) electrons. The molecule has 3 aromatic carbocycles. The summed E-state index contributed by atoms with van der Waals surface area (Å²) in [6.07, 6.45) is 0.716. The molecule has 0 aliphatic carbocycles. The van der Waals surface area contributed by atoms with Crippen molar-refractivity contribution in [2.45, 2.75) is 25.3 Å². The van der Waals surface area contributed by atoms with E-state index in [0.717, 1.165) is 16.7 Å². The normalized spacial score (nSPS) is 11.5. The summed E-state index contributed by atoms with van der Waals surface area (Å²) in [5, 5.41) is 14.7. The molecular formula is C26H26N2O4. The lowest BCUT2D eigenvalue weighted by molar-refractivity contribution is -0.139. The quantitative estimate of drug-likeness (QED) is 0.456. The molecule has 1 atom stereocenters. The van der Waals surface area contributed by atoms with Crippen LogP contribution in [0.15, 0.2) is 84.9 Å². The average molecular weight is 431 g/mol. The maximum Gasteiger partial charge on any atom is 0.320 e. The van der Waals surface area contributed by atoms with E-state index < -0.39 is 23.8 Å². The second-order valence-electron chi connectivity index (χ2n) is 7.44. The first-order valence-electron chi connectivity index (χ1n) is 10.5. The number of carboxylic acid groups (broad SMARTS) is 1. The molecule has 2 amide bonds. The van der Waals surface area contributed by atoms with E-state index in [2.05, 4.69) is 10.6 Å². The van der Waals surface area contributed by atoms with Crippen molar-refractivity contribution in [3.8, 4) is 11.1 Å². The molecule has 0 aliphatic rings. The zero-order valence-electron chi connectivity index (χ0n) is 17.7. The topological polar surface area (TPSA) is 95.5 Å². The number of carbonyl (C=O) groups is 3. The number of aliphatic carboxylic acids is 1. The molecule has 0 spiro atoms. The van der Waals surface area contributed by atoms with Gasteiger partial charge in [-0.1, -0.05) is 72.8 Å². The number of benzene rings is 3. The Bertz CT molecular complexity index is 1030. The maximum absolute atomic E-state index is 12.3. The van der Waals surface area contributed by atoms with Gasteiger partial charge in [0.25, 0.3) is 5.91 Å². The van der Waals surface area contributed by atoms with E-state index >= 15 is 0 Å². The van der Waals surface area contributed by atoms with E-state index in [1.54, 1.807) is 12.1 Å². The lowest BCUT2D eigenvalue weighted by Crippen LogP contribution is -2.39. The summed E-state index contributed by atoms with van der Waals surface area (Å²) in [6.45, 7) is 0.481. The monoisotopic (exact) mass is 430 g/mol. The number of hydrogen-bond acceptors (Lipinski definition) is 4. The van der Waals surface area contributed by atoms with Crippen molar-refractivity contribution in [2.75, 3.05) is 6.54 Å². The first kappa shape index (κ1) is 22.9. The van der Waals surface area contributed by atoms with Crippen molar-refractivity contribution in [3.05, 3.63) is 96.1 Å². The van der Waals surface area contributed by atoms with Crippen LogP contribution in [0.5, 0.6) is 0 Å². The molecule has 0 saturated carbocycles. The molecule has 6 heteroatoms.